The molecular formula is C10H17N3. The van der Waals surface area contributed by atoms with Crippen molar-refractivity contribution in [3.8, 4) is 0 Å². The van der Waals surface area contributed by atoms with E-state index in [2.05, 4.69) is 22.4 Å². The third-order valence-corrected chi connectivity index (χ3v) is 2.86. The van der Waals surface area contributed by atoms with Gasteiger partial charge in [0.15, 0.2) is 0 Å². The summed E-state index contributed by atoms with van der Waals surface area (Å²) in [5, 5.41) is 10.4. The minimum absolute atomic E-state index is 0.432. The number of H-pyrrole nitrogens is 1. The standard InChI is InChI=1S/C10H17N3/c1-8(9-6-11-12-7-9)13-10-4-2-3-5-10/h6-8,10,13H,2-5H2,1H3,(H,11,12). The summed E-state index contributed by atoms with van der Waals surface area (Å²) >= 11 is 0. The molecule has 72 valence electrons. The van der Waals surface area contributed by atoms with Crippen LogP contribution in [0.4, 0.5) is 0 Å². The lowest BCUT2D eigenvalue weighted by Crippen LogP contribution is -2.28. The van der Waals surface area contributed by atoms with Gasteiger partial charge < -0.3 is 5.32 Å². The normalized spacial score (nSPS) is 20.7. The lowest BCUT2D eigenvalue weighted by Gasteiger charge is -2.17. The number of hydrogen-bond acceptors (Lipinski definition) is 2. The highest BCUT2D eigenvalue weighted by atomic mass is 15.1. The molecule has 2 rings (SSSR count). The third-order valence-electron chi connectivity index (χ3n) is 2.86. The molecule has 3 heteroatoms. The highest BCUT2D eigenvalue weighted by molar-refractivity contribution is 5.08. The minimum Gasteiger partial charge on any atom is -0.307 e. The largest absolute Gasteiger partial charge is 0.307 e. The maximum Gasteiger partial charge on any atom is 0.0534 e. The van der Waals surface area contributed by atoms with E-state index in [9.17, 15) is 0 Å². The molecule has 1 aromatic rings. The van der Waals surface area contributed by atoms with Crippen molar-refractivity contribution in [2.24, 2.45) is 0 Å². The first-order valence-electron chi connectivity index (χ1n) is 5.11. The molecule has 2 N–H and O–H groups in total. The van der Waals surface area contributed by atoms with Gasteiger partial charge in [0.1, 0.15) is 0 Å². The molecule has 1 aromatic heterocycles. The zero-order chi connectivity index (χ0) is 9.10. The Morgan fingerprint density at radius 1 is 1.54 bits per heavy atom. The van der Waals surface area contributed by atoms with Gasteiger partial charge in [-0.25, -0.2) is 0 Å². The summed E-state index contributed by atoms with van der Waals surface area (Å²) < 4.78 is 0. The summed E-state index contributed by atoms with van der Waals surface area (Å²) in [7, 11) is 0. The number of aromatic amines is 1. The van der Waals surface area contributed by atoms with Crippen molar-refractivity contribution >= 4 is 0 Å². The Kier molecular flexibility index (Phi) is 2.64. The molecule has 3 nitrogen and oxygen atoms in total. The topological polar surface area (TPSA) is 40.7 Å². The van der Waals surface area contributed by atoms with Gasteiger partial charge in [0.05, 0.1) is 6.20 Å². The van der Waals surface area contributed by atoms with Crippen molar-refractivity contribution in [3.05, 3.63) is 18.0 Å². The van der Waals surface area contributed by atoms with E-state index in [0.717, 1.165) is 6.04 Å². The number of aromatic nitrogens is 2. The molecule has 0 bridgehead atoms. The Bertz CT molecular complexity index is 237. The van der Waals surface area contributed by atoms with Crippen LogP contribution in [0.3, 0.4) is 0 Å². The molecule has 0 spiro atoms. The number of nitrogens with zero attached hydrogens (tertiary/aromatic N) is 1. The second-order valence-corrected chi connectivity index (χ2v) is 3.90. The van der Waals surface area contributed by atoms with E-state index in [1.165, 1.54) is 31.2 Å². The highest BCUT2D eigenvalue weighted by Crippen LogP contribution is 2.21. The minimum atomic E-state index is 0.432. The molecule has 13 heavy (non-hydrogen) atoms. The summed E-state index contributed by atoms with van der Waals surface area (Å²) in [6, 6.07) is 1.16. The molecule has 0 aromatic carbocycles. The molecule has 1 aliphatic carbocycles. The maximum atomic E-state index is 3.95. The predicted molar refractivity (Wildman–Crippen MR) is 52.4 cm³/mol. The van der Waals surface area contributed by atoms with E-state index in [-0.39, 0.29) is 0 Å². The quantitative estimate of drug-likeness (QED) is 0.745. The van der Waals surface area contributed by atoms with Gasteiger partial charge in [-0.3, -0.25) is 5.10 Å². The Hall–Kier alpha value is -0.830. The van der Waals surface area contributed by atoms with Crippen molar-refractivity contribution < 1.29 is 0 Å². The molecule has 1 aliphatic rings. The second kappa shape index (κ2) is 3.92. The summed E-state index contributed by atoms with van der Waals surface area (Å²) in [5.74, 6) is 0. The lowest BCUT2D eigenvalue weighted by atomic mass is 10.1. The van der Waals surface area contributed by atoms with Gasteiger partial charge in [-0.1, -0.05) is 12.8 Å². The van der Waals surface area contributed by atoms with Gasteiger partial charge in [-0.15, -0.1) is 0 Å². The van der Waals surface area contributed by atoms with Gasteiger partial charge in [0, 0.05) is 23.8 Å². The van der Waals surface area contributed by atoms with Gasteiger partial charge in [-0.2, -0.15) is 5.10 Å². The van der Waals surface area contributed by atoms with Gasteiger partial charge >= 0.3 is 0 Å². The van der Waals surface area contributed by atoms with Crippen molar-refractivity contribution in [2.45, 2.75) is 44.7 Å². The maximum absolute atomic E-state index is 3.95. The summed E-state index contributed by atoms with van der Waals surface area (Å²) in [6.07, 6.45) is 9.30. The zero-order valence-corrected chi connectivity index (χ0v) is 8.09. The van der Waals surface area contributed by atoms with Crippen molar-refractivity contribution in [1.29, 1.82) is 0 Å². The highest BCUT2D eigenvalue weighted by Gasteiger charge is 2.17. The van der Waals surface area contributed by atoms with E-state index in [4.69, 9.17) is 0 Å². The Morgan fingerprint density at radius 3 is 2.92 bits per heavy atom. The van der Waals surface area contributed by atoms with Crippen LogP contribution >= 0.6 is 0 Å². The first-order valence-corrected chi connectivity index (χ1v) is 5.11. The summed E-state index contributed by atoms with van der Waals surface area (Å²) in [4.78, 5) is 0. The molecule has 1 fully saturated rings. The SMILES string of the molecule is CC(NC1CCCC1)c1cn[nH]c1. The number of nitrogens with one attached hydrogen (secondary N) is 2. The fraction of sp³-hybridized carbons (Fsp3) is 0.700. The number of rotatable bonds is 3. The molecule has 1 atom stereocenters. The summed E-state index contributed by atoms with van der Waals surface area (Å²) in [5.41, 5.74) is 1.26. The van der Waals surface area contributed by atoms with Crippen molar-refractivity contribution in [3.63, 3.8) is 0 Å². The smallest absolute Gasteiger partial charge is 0.0534 e. The Morgan fingerprint density at radius 2 is 2.31 bits per heavy atom. The zero-order valence-electron chi connectivity index (χ0n) is 8.09. The molecule has 1 saturated carbocycles. The molecule has 1 unspecified atom stereocenters. The Balaban J connectivity index is 1.87. The Labute approximate surface area is 78.9 Å². The molecule has 0 radical (unpaired) electrons. The molecule has 0 saturated heterocycles. The van der Waals surface area contributed by atoms with Gasteiger partial charge in [0.2, 0.25) is 0 Å². The predicted octanol–water partition coefficient (Wildman–Crippen LogP) is 2.00. The second-order valence-electron chi connectivity index (χ2n) is 3.90. The van der Waals surface area contributed by atoms with Crippen LogP contribution in [-0.2, 0) is 0 Å². The van der Waals surface area contributed by atoms with Crippen LogP contribution < -0.4 is 5.32 Å². The lowest BCUT2D eigenvalue weighted by molar-refractivity contribution is 0.461. The van der Waals surface area contributed by atoms with Crippen molar-refractivity contribution in [2.75, 3.05) is 0 Å². The molecule has 1 heterocycles. The van der Waals surface area contributed by atoms with Crippen LogP contribution in [0.2, 0.25) is 0 Å². The van der Waals surface area contributed by atoms with Gasteiger partial charge in [-0.05, 0) is 19.8 Å². The fourth-order valence-corrected chi connectivity index (χ4v) is 2.04. The van der Waals surface area contributed by atoms with Crippen LogP contribution in [0.5, 0.6) is 0 Å². The van der Waals surface area contributed by atoms with Crippen LogP contribution in [0.25, 0.3) is 0 Å². The third kappa shape index (κ3) is 2.10. The van der Waals surface area contributed by atoms with E-state index in [0.29, 0.717) is 6.04 Å². The molecule has 0 amide bonds. The van der Waals surface area contributed by atoms with Crippen LogP contribution in [0.1, 0.15) is 44.2 Å². The van der Waals surface area contributed by atoms with Crippen molar-refractivity contribution in [1.82, 2.24) is 15.5 Å². The first kappa shape index (κ1) is 8.75. The van der Waals surface area contributed by atoms with Gasteiger partial charge in [0.25, 0.3) is 0 Å². The average molecular weight is 179 g/mol. The van der Waals surface area contributed by atoms with E-state index in [1.54, 1.807) is 0 Å². The van der Waals surface area contributed by atoms with Crippen LogP contribution in [-0.4, -0.2) is 16.2 Å². The average Bonchev–Trinajstić information content (AvgIpc) is 2.74. The fourth-order valence-electron chi connectivity index (χ4n) is 2.04. The first-order chi connectivity index (χ1) is 6.36. The monoisotopic (exact) mass is 179 g/mol. The van der Waals surface area contributed by atoms with Crippen LogP contribution in [0, 0.1) is 0 Å². The summed E-state index contributed by atoms with van der Waals surface area (Å²) in [6.45, 7) is 2.20. The molecule has 0 aliphatic heterocycles. The van der Waals surface area contributed by atoms with E-state index < -0.39 is 0 Å². The van der Waals surface area contributed by atoms with E-state index in [1.807, 2.05) is 12.4 Å². The van der Waals surface area contributed by atoms with Crippen LogP contribution in [0.15, 0.2) is 12.4 Å². The number of hydrogen-bond donors (Lipinski definition) is 2. The van der Waals surface area contributed by atoms with E-state index >= 15 is 0 Å². The molecular weight excluding hydrogens is 162 g/mol.